The van der Waals surface area contributed by atoms with Crippen LogP contribution in [0.5, 0.6) is 0 Å². The Morgan fingerprint density at radius 1 is 1.21 bits per heavy atom. The third-order valence-electron chi connectivity index (χ3n) is 11.6. The smallest absolute Gasteiger partial charge is 0.335 e. The molecular formula is C35H44O13. The molecule has 13 nitrogen and oxygen atoms in total. The van der Waals surface area contributed by atoms with Crippen LogP contribution in [0.15, 0.2) is 47.3 Å². The van der Waals surface area contributed by atoms with E-state index in [9.17, 15) is 34.2 Å². The number of esters is 4. The lowest BCUT2D eigenvalue weighted by molar-refractivity contribution is -0.243. The molecule has 5 rings (SSSR count). The predicted octanol–water partition coefficient (Wildman–Crippen LogP) is 2.92. The van der Waals surface area contributed by atoms with Gasteiger partial charge >= 0.3 is 23.9 Å². The number of hydrogen-bond donors (Lipinski definition) is 2. The van der Waals surface area contributed by atoms with Gasteiger partial charge in [0.05, 0.1) is 24.4 Å². The van der Waals surface area contributed by atoms with Gasteiger partial charge in [-0.15, -0.1) is 0 Å². The van der Waals surface area contributed by atoms with Gasteiger partial charge in [0.1, 0.15) is 36.1 Å². The lowest BCUT2D eigenvalue weighted by Crippen LogP contribution is -2.71. The molecule has 1 aromatic heterocycles. The fraction of sp³-hybridized carbons (Fsp3) is 0.629. The number of furan rings is 1. The van der Waals surface area contributed by atoms with Gasteiger partial charge in [-0.1, -0.05) is 46.8 Å². The van der Waals surface area contributed by atoms with Crippen molar-refractivity contribution < 1.29 is 62.3 Å². The molecule has 0 aromatic carbocycles. The Morgan fingerprint density at radius 3 is 2.52 bits per heavy atom. The topological polar surface area (TPSA) is 185 Å². The van der Waals surface area contributed by atoms with Crippen LogP contribution in [0.2, 0.25) is 0 Å². The zero-order valence-corrected chi connectivity index (χ0v) is 28.0. The Labute approximate surface area is 278 Å². The van der Waals surface area contributed by atoms with E-state index in [2.05, 4.69) is 6.58 Å². The number of aliphatic hydroxyl groups is 2. The predicted molar refractivity (Wildman–Crippen MR) is 164 cm³/mol. The van der Waals surface area contributed by atoms with Gasteiger partial charge in [0.25, 0.3) is 6.47 Å². The van der Waals surface area contributed by atoms with Crippen molar-refractivity contribution in [3.63, 3.8) is 0 Å². The number of cyclic esters (lactones) is 1. The second kappa shape index (κ2) is 12.5. The molecule has 0 unspecified atom stereocenters. The van der Waals surface area contributed by atoms with Crippen molar-refractivity contribution in [2.75, 3.05) is 6.61 Å². The van der Waals surface area contributed by atoms with Crippen molar-refractivity contribution >= 4 is 30.3 Å². The molecule has 3 fully saturated rings. The van der Waals surface area contributed by atoms with Gasteiger partial charge in [-0.05, 0) is 36.5 Å². The van der Waals surface area contributed by atoms with Gasteiger partial charge in [0.15, 0.2) is 6.10 Å². The highest BCUT2D eigenvalue weighted by Crippen LogP contribution is 2.69. The highest BCUT2D eigenvalue weighted by molar-refractivity contribution is 5.83. The number of ether oxygens (including phenoxy) is 5. The number of fused-ring (bicyclic) bond motifs is 2. The van der Waals surface area contributed by atoms with Crippen molar-refractivity contribution in [3.8, 4) is 0 Å². The van der Waals surface area contributed by atoms with Crippen LogP contribution in [0.3, 0.4) is 0 Å². The normalized spacial score (nSPS) is 40.3. The maximum atomic E-state index is 13.7. The first-order chi connectivity index (χ1) is 22.5. The summed E-state index contributed by atoms with van der Waals surface area (Å²) >= 11 is 0. The molecule has 1 saturated heterocycles. The van der Waals surface area contributed by atoms with E-state index in [0.29, 0.717) is 12.0 Å². The summed E-state index contributed by atoms with van der Waals surface area (Å²) in [6.07, 6.45) is 0.145. The van der Waals surface area contributed by atoms with Gasteiger partial charge in [0.2, 0.25) is 0 Å². The second-order valence-electron chi connectivity index (χ2n) is 14.2. The Hall–Kier alpha value is -3.97. The summed E-state index contributed by atoms with van der Waals surface area (Å²) in [5, 5.41) is 24.2. The van der Waals surface area contributed by atoms with Crippen LogP contribution >= 0.6 is 0 Å². The summed E-state index contributed by atoms with van der Waals surface area (Å²) < 4.78 is 34.4. The molecule has 48 heavy (non-hydrogen) atoms. The standard InChI is InChI=1S/C35H44O13/c1-8-18(2)28(40)31(41)47-30-29(45-17-36)27(32(5)11-9-25(38)48-33(6)16-44-26(39)14-23(32)33)19(3)35(42)24(46-20(4)37)13-22(34(30,35)7)21-10-12-43-15-21/h9-12,15,17-18,22-24,27-30,40,42H,3,8,13-14,16H2,1-2,4-7H3/t18-,22+,23-,24+,27+,28-,29+,30+,32-,33-,34+,35-/m1/s1. The molecule has 262 valence electrons. The van der Waals surface area contributed by atoms with Crippen LogP contribution < -0.4 is 0 Å². The average Bonchev–Trinajstić information content (AvgIpc) is 3.62. The Bertz CT molecular complexity index is 1500. The van der Waals surface area contributed by atoms with Crippen molar-refractivity contribution in [1.29, 1.82) is 0 Å². The number of rotatable bonds is 9. The number of carbonyl (C=O) groups is 5. The minimum absolute atomic E-state index is 0.0231. The van der Waals surface area contributed by atoms with Crippen LogP contribution in [-0.4, -0.2) is 82.8 Å². The Balaban J connectivity index is 1.79. The van der Waals surface area contributed by atoms with Crippen LogP contribution in [-0.2, 0) is 47.7 Å². The molecule has 2 N–H and O–H groups in total. The van der Waals surface area contributed by atoms with Crippen LogP contribution in [0, 0.1) is 28.6 Å². The fourth-order valence-corrected chi connectivity index (χ4v) is 8.93. The van der Waals surface area contributed by atoms with Crippen LogP contribution in [0.1, 0.15) is 72.3 Å². The molecule has 3 heterocycles. The minimum Gasteiger partial charge on any atom is -0.472 e. The lowest BCUT2D eigenvalue weighted by Gasteiger charge is -2.61. The summed E-state index contributed by atoms with van der Waals surface area (Å²) in [7, 11) is 0. The second-order valence-corrected chi connectivity index (χ2v) is 14.2. The van der Waals surface area contributed by atoms with Gasteiger partial charge in [0, 0.05) is 36.2 Å². The van der Waals surface area contributed by atoms with E-state index in [1.807, 2.05) is 0 Å². The lowest BCUT2D eigenvalue weighted by atomic mass is 9.47. The number of allylic oxidation sites excluding steroid dienone is 1. The molecule has 12 atom stereocenters. The molecule has 0 radical (unpaired) electrons. The van der Waals surface area contributed by atoms with Crippen LogP contribution in [0.4, 0.5) is 0 Å². The molecular weight excluding hydrogens is 628 g/mol. The Kier molecular flexibility index (Phi) is 9.19. The zero-order valence-electron chi connectivity index (χ0n) is 28.0. The van der Waals surface area contributed by atoms with E-state index in [1.165, 1.54) is 31.6 Å². The zero-order chi connectivity index (χ0) is 35.4. The summed E-state index contributed by atoms with van der Waals surface area (Å²) in [4.78, 5) is 64.4. The van der Waals surface area contributed by atoms with Crippen molar-refractivity contribution in [1.82, 2.24) is 0 Å². The van der Waals surface area contributed by atoms with E-state index in [1.54, 1.807) is 40.7 Å². The van der Waals surface area contributed by atoms with E-state index in [-0.39, 0.29) is 31.5 Å². The molecule has 4 aliphatic rings. The van der Waals surface area contributed by atoms with Crippen molar-refractivity contribution in [2.45, 2.75) is 102 Å². The van der Waals surface area contributed by atoms with Crippen LogP contribution in [0.25, 0.3) is 0 Å². The molecule has 2 aliphatic heterocycles. The summed E-state index contributed by atoms with van der Waals surface area (Å²) in [6, 6.07) is 1.67. The molecule has 2 saturated carbocycles. The van der Waals surface area contributed by atoms with E-state index >= 15 is 0 Å². The number of aliphatic hydroxyl groups excluding tert-OH is 1. The van der Waals surface area contributed by atoms with E-state index < -0.39 is 94.0 Å². The summed E-state index contributed by atoms with van der Waals surface area (Å²) in [5.74, 6) is -6.21. The number of carbonyl (C=O) groups excluding carboxylic acids is 5. The fourth-order valence-electron chi connectivity index (χ4n) is 8.93. The van der Waals surface area contributed by atoms with E-state index in [4.69, 9.17) is 28.1 Å². The average molecular weight is 673 g/mol. The SMILES string of the molecule is C=C1[C@H]([C@]2(C)C=CC(=O)O[C@]3(C)COC(=O)C[C@H]23)[C@H](OC=O)[C@H](OC(=O)[C@H](O)[C@H](C)CC)[C@]2(C)[C@H](c3ccoc3)C[C@H](OC(C)=O)[C@]12O. The minimum atomic E-state index is -2.17. The maximum absolute atomic E-state index is 13.7. The Morgan fingerprint density at radius 2 is 1.92 bits per heavy atom. The van der Waals surface area contributed by atoms with Crippen molar-refractivity contribution in [3.05, 3.63) is 48.5 Å². The molecule has 13 heteroatoms. The number of hydrogen-bond acceptors (Lipinski definition) is 13. The first kappa shape index (κ1) is 35.3. The van der Waals surface area contributed by atoms with Gasteiger partial charge in [-0.2, -0.15) is 0 Å². The molecule has 2 aliphatic carbocycles. The van der Waals surface area contributed by atoms with Gasteiger partial charge in [-0.25, -0.2) is 9.59 Å². The third kappa shape index (κ3) is 5.26. The molecule has 0 spiro atoms. The van der Waals surface area contributed by atoms with E-state index in [0.717, 1.165) is 0 Å². The maximum Gasteiger partial charge on any atom is 0.335 e. The third-order valence-corrected chi connectivity index (χ3v) is 11.6. The van der Waals surface area contributed by atoms with Crippen molar-refractivity contribution in [2.24, 2.45) is 28.6 Å². The van der Waals surface area contributed by atoms with Gasteiger partial charge in [-0.3, -0.25) is 14.4 Å². The molecule has 0 bridgehead atoms. The first-order valence-corrected chi connectivity index (χ1v) is 16.2. The molecule has 1 aromatic rings. The summed E-state index contributed by atoms with van der Waals surface area (Å²) in [6.45, 7) is 13.9. The highest BCUT2D eigenvalue weighted by atomic mass is 16.6. The monoisotopic (exact) mass is 672 g/mol. The quantitative estimate of drug-likeness (QED) is 0.169. The first-order valence-electron chi connectivity index (χ1n) is 16.2. The van der Waals surface area contributed by atoms with Gasteiger partial charge < -0.3 is 38.3 Å². The summed E-state index contributed by atoms with van der Waals surface area (Å²) in [5.41, 5.74) is -5.87. The highest BCUT2D eigenvalue weighted by Gasteiger charge is 2.77. The molecule has 0 amide bonds. The largest absolute Gasteiger partial charge is 0.472 e.